The van der Waals surface area contributed by atoms with E-state index >= 15 is 0 Å². The average molecular weight is 362 g/mol. The zero-order chi connectivity index (χ0) is 15.7. The van der Waals surface area contributed by atoms with E-state index < -0.39 is 12.0 Å². The van der Waals surface area contributed by atoms with Crippen molar-refractivity contribution in [2.24, 2.45) is 0 Å². The second-order valence-electron chi connectivity index (χ2n) is 5.55. The maximum absolute atomic E-state index is 12.7. The number of hydrogen-bond donors (Lipinski definition) is 1. The summed E-state index contributed by atoms with van der Waals surface area (Å²) in [4.78, 5) is 25.5. The maximum atomic E-state index is 12.7. The highest BCUT2D eigenvalue weighted by atomic mass is 79.9. The highest BCUT2D eigenvalue weighted by molar-refractivity contribution is 9.10. The Morgan fingerprint density at radius 1 is 1.09 bits per heavy atom. The van der Waals surface area contributed by atoms with E-state index in [9.17, 15) is 14.7 Å². The predicted molar refractivity (Wildman–Crippen MR) is 88.0 cm³/mol. The van der Waals surface area contributed by atoms with Crippen molar-refractivity contribution in [3.63, 3.8) is 0 Å². The number of piperidine rings is 1. The predicted octanol–water partition coefficient (Wildman–Crippen LogP) is 3.68. The lowest BCUT2D eigenvalue weighted by atomic mass is 10.00. The van der Waals surface area contributed by atoms with Crippen LogP contribution in [0.25, 0.3) is 10.8 Å². The molecular weight excluding hydrogens is 346 g/mol. The van der Waals surface area contributed by atoms with Crippen LogP contribution in [0.1, 0.15) is 29.6 Å². The monoisotopic (exact) mass is 361 g/mol. The molecule has 0 saturated carbocycles. The van der Waals surface area contributed by atoms with E-state index in [1.807, 2.05) is 30.3 Å². The zero-order valence-corrected chi connectivity index (χ0v) is 13.5. The molecule has 0 aliphatic carbocycles. The molecule has 1 amide bonds. The van der Waals surface area contributed by atoms with Gasteiger partial charge < -0.3 is 10.0 Å². The van der Waals surface area contributed by atoms with Gasteiger partial charge in [0.1, 0.15) is 6.04 Å². The molecule has 4 nitrogen and oxygen atoms in total. The Morgan fingerprint density at radius 2 is 1.82 bits per heavy atom. The summed E-state index contributed by atoms with van der Waals surface area (Å²) < 4.78 is 0.987. The van der Waals surface area contributed by atoms with E-state index in [2.05, 4.69) is 15.9 Å². The average Bonchev–Trinajstić information content (AvgIpc) is 2.53. The lowest BCUT2D eigenvalue weighted by Gasteiger charge is -2.33. The van der Waals surface area contributed by atoms with Crippen LogP contribution in [0.3, 0.4) is 0 Å². The smallest absolute Gasteiger partial charge is 0.326 e. The Bertz CT molecular complexity index is 744. The molecule has 1 N–H and O–H groups in total. The summed E-state index contributed by atoms with van der Waals surface area (Å²) in [5.41, 5.74) is 0.544. The molecular formula is C17H16BrNO3. The van der Waals surface area contributed by atoms with Crippen molar-refractivity contribution in [2.75, 3.05) is 6.54 Å². The Kier molecular flexibility index (Phi) is 4.16. The lowest BCUT2D eigenvalue weighted by Crippen LogP contribution is -2.47. The van der Waals surface area contributed by atoms with Gasteiger partial charge in [-0.3, -0.25) is 4.79 Å². The Balaban J connectivity index is 1.93. The van der Waals surface area contributed by atoms with Gasteiger partial charge in [0.15, 0.2) is 0 Å². The molecule has 22 heavy (non-hydrogen) atoms. The molecule has 0 aromatic heterocycles. The number of carbonyl (C=O) groups is 2. The van der Waals surface area contributed by atoms with Gasteiger partial charge in [-0.25, -0.2) is 4.79 Å². The van der Waals surface area contributed by atoms with Crippen LogP contribution in [0.2, 0.25) is 0 Å². The van der Waals surface area contributed by atoms with Crippen LogP contribution < -0.4 is 0 Å². The van der Waals surface area contributed by atoms with Crippen LogP contribution in [0, 0.1) is 0 Å². The number of likely N-dealkylation sites (tertiary alicyclic amines) is 1. The maximum Gasteiger partial charge on any atom is 0.326 e. The van der Waals surface area contributed by atoms with Gasteiger partial charge in [-0.1, -0.05) is 28.1 Å². The fraction of sp³-hybridized carbons (Fsp3) is 0.294. The van der Waals surface area contributed by atoms with E-state index in [1.165, 1.54) is 4.90 Å². The fourth-order valence-corrected chi connectivity index (χ4v) is 3.33. The molecule has 3 rings (SSSR count). The summed E-state index contributed by atoms with van der Waals surface area (Å²) in [7, 11) is 0. The van der Waals surface area contributed by atoms with Crippen molar-refractivity contribution < 1.29 is 14.7 Å². The molecule has 0 radical (unpaired) electrons. The number of carboxylic acids is 1. The molecule has 1 aliphatic heterocycles. The Morgan fingerprint density at radius 3 is 2.59 bits per heavy atom. The SMILES string of the molecule is O=C(O)[C@H]1CCCCN1C(=O)c1ccc2cc(Br)ccc2c1. The molecule has 0 spiro atoms. The number of fused-ring (bicyclic) bond motifs is 1. The molecule has 0 unspecified atom stereocenters. The third kappa shape index (κ3) is 2.86. The molecule has 114 valence electrons. The molecule has 2 aromatic carbocycles. The minimum atomic E-state index is -0.919. The van der Waals surface area contributed by atoms with Crippen molar-refractivity contribution in [1.82, 2.24) is 4.90 Å². The number of amides is 1. The van der Waals surface area contributed by atoms with Crippen molar-refractivity contribution in [1.29, 1.82) is 0 Å². The van der Waals surface area contributed by atoms with E-state index in [0.717, 1.165) is 28.1 Å². The number of nitrogens with zero attached hydrogens (tertiary/aromatic N) is 1. The zero-order valence-electron chi connectivity index (χ0n) is 12.0. The van der Waals surface area contributed by atoms with Crippen LogP contribution in [-0.4, -0.2) is 34.5 Å². The summed E-state index contributed by atoms with van der Waals surface area (Å²) in [5, 5.41) is 11.3. The molecule has 1 aliphatic rings. The van der Waals surface area contributed by atoms with Gasteiger partial charge in [0.25, 0.3) is 5.91 Å². The first kappa shape index (κ1) is 15.0. The van der Waals surface area contributed by atoms with Crippen LogP contribution >= 0.6 is 15.9 Å². The molecule has 0 bridgehead atoms. The largest absolute Gasteiger partial charge is 0.480 e. The van der Waals surface area contributed by atoms with Crippen molar-refractivity contribution >= 4 is 38.6 Å². The van der Waals surface area contributed by atoms with E-state index in [0.29, 0.717) is 18.5 Å². The van der Waals surface area contributed by atoms with E-state index in [1.54, 1.807) is 6.07 Å². The summed E-state index contributed by atoms with van der Waals surface area (Å²) in [5.74, 6) is -1.12. The van der Waals surface area contributed by atoms with Crippen LogP contribution in [0.15, 0.2) is 40.9 Å². The lowest BCUT2D eigenvalue weighted by molar-refractivity contribution is -0.143. The highest BCUT2D eigenvalue weighted by Crippen LogP contribution is 2.24. The fourth-order valence-electron chi connectivity index (χ4n) is 2.95. The molecule has 2 aromatic rings. The van der Waals surface area contributed by atoms with Crippen LogP contribution in [0.5, 0.6) is 0 Å². The summed E-state index contributed by atoms with van der Waals surface area (Å²) in [6.07, 6.45) is 2.24. The first-order valence-electron chi connectivity index (χ1n) is 7.29. The first-order valence-corrected chi connectivity index (χ1v) is 8.08. The molecule has 5 heteroatoms. The van der Waals surface area contributed by atoms with Gasteiger partial charge in [-0.2, -0.15) is 0 Å². The Hall–Kier alpha value is -1.88. The number of benzene rings is 2. The number of rotatable bonds is 2. The van der Waals surface area contributed by atoms with Crippen molar-refractivity contribution in [2.45, 2.75) is 25.3 Å². The van der Waals surface area contributed by atoms with Gasteiger partial charge >= 0.3 is 5.97 Å². The Labute approximate surface area is 136 Å². The third-order valence-electron chi connectivity index (χ3n) is 4.10. The number of carbonyl (C=O) groups excluding carboxylic acids is 1. The highest BCUT2D eigenvalue weighted by Gasteiger charge is 2.32. The molecule has 1 atom stereocenters. The number of aliphatic carboxylic acids is 1. The van der Waals surface area contributed by atoms with Gasteiger partial charge in [-0.15, -0.1) is 0 Å². The van der Waals surface area contributed by atoms with Crippen molar-refractivity contribution in [3.8, 4) is 0 Å². The van der Waals surface area contributed by atoms with Gasteiger partial charge in [0, 0.05) is 16.6 Å². The minimum Gasteiger partial charge on any atom is -0.480 e. The number of halogens is 1. The third-order valence-corrected chi connectivity index (χ3v) is 4.59. The van der Waals surface area contributed by atoms with Gasteiger partial charge in [0.05, 0.1) is 0 Å². The second-order valence-corrected chi connectivity index (χ2v) is 6.47. The summed E-state index contributed by atoms with van der Waals surface area (Å²) in [6.45, 7) is 0.508. The normalized spacial score (nSPS) is 18.4. The molecule has 1 fully saturated rings. The van der Waals surface area contributed by atoms with Crippen molar-refractivity contribution in [3.05, 3.63) is 46.4 Å². The van der Waals surface area contributed by atoms with E-state index in [4.69, 9.17) is 0 Å². The number of hydrogen-bond acceptors (Lipinski definition) is 2. The minimum absolute atomic E-state index is 0.197. The van der Waals surface area contributed by atoms with Gasteiger partial charge in [0.2, 0.25) is 0 Å². The quantitative estimate of drug-likeness (QED) is 0.887. The molecule has 1 heterocycles. The van der Waals surface area contributed by atoms with Crippen LogP contribution in [-0.2, 0) is 4.79 Å². The second kappa shape index (κ2) is 6.08. The first-order chi connectivity index (χ1) is 10.6. The summed E-state index contributed by atoms with van der Waals surface area (Å²) in [6, 6.07) is 10.7. The van der Waals surface area contributed by atoms with E-state index in [-0.39, 0.29) is 5.91 Å². The van der Waals surface area contributed by atoms with Crippen LogP contribution in [0.4, 0.5) is 0 Å². The summed E-state index contributed by atoms with van der Waals surface area (Å²) >= 11 is 3.43. The molecule has 1 saturated heterocycles. The number of carboxylic acid groups (broad SMARTS) is 1. The standard InChI is InChI=1S/C17H16BrNO3/c18-14-7-6-11-9-13(5-4-12(11)10-14)16(20)19-8-2-1-3-15(19)17(21)22/h4-7,9-10,15H,1-3,8H2,(H,21,22)/t15-/m1/s1. The topological polar surface area (TPSA) is 57.6 Å². The van der Waals surface area contributed by atoms with Gasteiger partial charge in [-0.05, 0) is 54.3 Å².